The Kier molecular flexibility index (Phi) is 35.6. The maximum atomic E-state index is 13.3. The van der Waals surface area contributed by atoms with Crippen molar-refractivity contribution in [1.82, 2.24) is 58.2 Å². The summed E-state index contributed by atoms with van der Waals surface area (Å²) >= 11 is 10.1. The minimum atomic E-state index is -1.00. The maximum Gasteiger partial charge on any atom is 0.261 e. The van der Waals surface area contributed by atoms with Crippen LogP contribution in [0.3, 0.4) is 0 Å². The van der Waals surface area contributed by atoms with Gasteiger partial charge in [0.15, 0.2) is 0 Å². The summed E-state index contributed by atoms with van der Waals surface area (Å²) in [5, 5.41) is 6.99. The molecule has 0 bridgehead atoms. The van der Waals surface area contributed by atoms with Gasteiger partial charge in [-0.2, -0.15) is 0 Å². The minimum absolute atomic E-state index is 0. The molecule has 0 atom stereocenters. The van der Waals surface area contributed by atoms with E-state index in [0.717, 1.165) is 144 Å². The normalized spacial score (nSPS) is 13.3. The zero-order valence-corrected chi connectivity index (χ0v) is 68.5. The predicted octanol–water partition coefficient (Wildman–Crippen LogP) is 16.6. The molecule has 0 saturated heterocycles. The highest BCUT2D eigenvalue weighted by Gasteiger charge is 2.23. The molecule has 0 saturated carbocycles. The monoisotopic (exact) mass is 1730 g/mol. The van der Waals surface area contributed by atoms with E-state index in [9.17, 15) is 36.7 Å². The van der Waals surface area contributed by atoms with Crippen molar-refractivity contribution < 1.29 is 18.9 Å². The van der Waals surface area contributed by atoms with Crippen molar-refractivity contribution in [3.63, 3.8) is 0 Å². The average Bonchev–Trinajstić information content (AvgIpc) is 0.789. The Morgan fingerprint density at radius 1 is 0.436 bits per heavy atom. The van der Waals surface area contributed by atoms with Gasteiger partial charge in [0.25, 0.3) is 22.2 Å². The lowest BCUT2D eigenvalue weighted by Gasteiger charge is -2.29. The van der Waals surface area contributed by atoms with Gasteiger partial charge in [-0.15, -0.1) is 31.2 Å². The zero-order valence-electron chi connectivity index (χ0n) is 63.1. The van der Waals surface area contributed by atoms with Crippen LogP contribution in [0.1, 0.15) is 132 Å². The highest BCUT2D eigenvalue weighted by molar-refractivity contribution is 9.10. The van der Waals surface area contributed by atoms with Crippen molar-refractivity contribution in [1.29, 1.82) is 0 Å². The third-order valence-corrected chi connectivity index (χ3v) is 19.7. The molecule has 110 heavy (non-hydrogen) atoms. The van der Waals surface area contributed by atoms with Crippen molar-refractivity contribution in [2.75, 3.05) is 58.3 Å². The van der Waals surface area contributed by atoms with Crippen LogP contribution in [0.2, 0.25) is 0 Å². The molecule has 0 amide bonds. The first-order chi connectivity index (χ1) is 52.9. The van der Waals surface area contributed by atoms with Crippen LogP contribution in [0, 0.1) is 53.5 Å². The van der Waals surface area contributed by atoms with Gasteiger partial charge in [0, 0.05) is 94.5 Å². The third-order valence-electron chi connectivity index (χ3n) is 18.2. The van der Waals surface area contributed by atoms with Crippen LogP contribution in [0.15, 0.2) is 174 Å². The van der Waals surface area contributed by atoms with E-state index in [-0.39, 0.29) is 64.5 Å². The summed E-state index contributed by atoms with van der Waals surface area (Å²) < 4.78 is 63.4. The summed E-state index contributed by atoms with van der Waals surface area (Å²) in [5.41, 5.74) is 6.38. The number of fused-ring (bicyclic) bond motifs is 8. The lowest BCUT2D eigenvalue weighted by molar-refractivity contribution is 0.210. The number of hydrogen-bond acceptors (Lipinski definition) is 12. The van der Waals surface area contributed by atoms with Gasteiger partial charge in [0.05, 0.1) is 78.3 Å². The van der Waals surface area contributed by atoms with Crippen LogP contribution in [-0.4, -0.2) is 111 Å². The van der Waals surface area contributed by atoms with Gasteiger partial charge in [-0.25, -0.2) is 33.1 Å². The number of nitrogens with one attached hydrogen (secondary N) is 1. The summed E-state index contributed by atoms with van der Waals surface area (Å²) in [7, 11) is -1.00. The van der Waals surface area contributed by atoms with Crippen LogP contribution < -0.4 is 27.6 Å². The number of hydrogen-bond donors (Lipinski definition) is 1. The van der Waals surface area contributed by atoms with E-state index in [0.29, 0.717) is 88.5 Å². The molecule has 4 aliphatic rings. The van der Waals surface area contributed by atoms with Crippen LogP contribution in [0.5, 0.6) is 0 Å². The number of unbranched alkanes of at least 4 members (excludes halogenated alkanes) is 4. The molecular formula is C85H91Br3Cl2F4N12O4. The van der Waals surface area contributed by atoms with Crippen molar-refractivity contribution in [3.05, 3.63) is 265 Å². The highest BCUT2D eigenvalue weighted by atomic mass is 79.9. The molecule has 15 rings (SSSR count). The summed E-state index contributed by atoms with van der Waals surface area (Å²) in [6.07, 6.45) is 14.6. The molecule has 7 aromatic carbocycles. The second-order valence-corrected chi connectivity index (χ2v) is 28.6. The third kappa shape index (κ3) is 24.7. The lowest BCUT2D eigenvalue weighted by atomic mass is 10.1. The number of nitrogens with zero attached hydrogens (tertiary/aromatic N) is 11. The topological polar surface area (TPSA) is 161 Å². The molecule has 0 fully saturated rings. The molecule has 4 aliphatic heterocycles. The van der Waals surface area contributed by atoms with Crippen LogP contribution in [-0.2, 0) is 52.4 Å². The van der Waals surface area contributed by atoms with Crippen LogP contribution in [0.4, 0.5) is 17.6 Å². The van der Waals surface area contributed by atoms with Gasteiger partial charge < -0.3 is 5.32 Å². The van der Waals surface area contributed by atoms with Gasteiger partial charge in [-0.1, -0.05) is 149 Å². The quantitative estimate of drug-likeness (QED) is 0.0742. The summed E-state index contributed by atoms with van der Waals surface area (Å²) in [5.74, 6) is 16.8. The largest absolute Gasteiger partial charge is 0.308 e. The molecule has 0 spiro atoms. The van der Waals surface area contributed by atoms with Gasteiger partial charge in [0.1, 0.15) is 40.7 Å². The summed E-state index contributed by atoms with van der Waals surface area (Å²) in [6, 6.07) is 40.5. The highest BCUT2D eigenvalue weighted by Crippen LogP contribution is 2.22. The second kappa shape index (κ2) is 45.0. The van der Waals surface area contributed by atoms with E-state index in [2.05, 4.69) is 135 Å². The van der Waals surface area contributed by atoms with Gasteiger partial charge >= 0.3 is 0 Å². The van der Waals surface area contributed by atoms with Crippen LogP contribution >= 0.6 is 72.6 Å². The van der Waals surface area contributed by atoms with E-state index >= 15 is 0 Å². The van der Waals surface area contributed by atoms with E-state index in [1.807, 2.05) is 65.2 Å². The van der Waals surface area contributed by atoms with Gasteiger partial charge in [-0.3, -0.25) is 56.5 Å². The molecule has 11 aromatic rings. The SMILES string of the molecule is C#Cc1cccc(F)c1.CCCCBr.CCCCN1CCn2c(nc3cc(Br)ccc3c2=O)C1.CCCCN1CCn2c(nc3cc(C#Cc4cccc(F)c4)ccc3c2=O)C1.CCCCN1CCn2c(nc3cc(C#Cc4cccc(F)c4)ccc3c2=O)C1.Cl.Cl.O=c1c2ccc(Br)cc2nc2n1CCNC2.[2H]CF. The number of terminal acetylenes is 1. The van der Waals surface area contributed by atoms with Crippen molar-refractivity contribution in [2.45, 2.75) is 131 Å². The Labute approximate surface area is 678 Å². The summed E-state index contributed by atoms with van der Waals surface area (Å²) in [6.45, 7) is 21.1. The Balaban J connectivity index is 0.000000193. The molecule has 0 aliphatic carbocycles. The Hall–Kier alpha value is -8.64. The molecule has 0 radical (unpaired) electrons. The average molecular weight is 1730 g/mol. The Morgan fingerprint density at radius 3 is 1.08 bits per heavy atom. The summed E-state index contributed by atoms with van der Waals surface area (Å²) in [4.78, 5) is 76.2. The van der Waals surface area contributed by atoms with Crippen molar-refractivity contribution in [3.8, 4) is 36.0 Å². The lowest BCUT2D eigenvalue weighted by Crippen LogP contribution is -2.40. The van der Waals surface area contributed by atoms with Gasteiger partial charge in [0.2, 0.25) is 0 Å². The fourth-order valence-corrected chi connectivity index (χ4v) is 13.7. The van der Waals surface area contributed by atoms with E-state index in [4.69, 9.17) is 17.8 Å². The van der Waals surface area contributed by atoms with E-state index in [1.165, 1.54) is 62.1 Å². The van der Waals surface area contributed by atoms with Crippen molar-refractivity contribution in [2.24, 2.45) is 0 Å². The van der Waals surface area contributed by atoms with Crippen LogP contribution in [0.25, 0.3) is 43.6 Å². The van der Waals surface area contributed by atoms with Gasteiger partial charge in [-0.05, 0) is 173 Å². The fraction of sp³-hybridized carbons (Fsp3) is 0.341. The predicted molar refractivity (Wildman–Crippen MR) is 451 cm³/mol. The number of halogens is 9. The van der Waals surface area contributed by atoms with E-state index < -0.39 is 7.15 Å². The molecule has 0 unspecified atom stereocenters. The number of aromatic nitrogens is 8. The number of rotatable bonds is 11. The standard InChI is InChI=1S/2C23H22FN3O.C15H18BrN3O.C11H10BrN3O.C8H5F.C4H9Br.CH3F.2ClH/c2*1-2-3-11-26-12-13-27-22(16-26)25-21-15-18(9-10-20(21)23(27)28)8-7-17-5-4-6-19(24)14-17;1-2-3-6-18-7-8-19-14(10-18)17-13-9-11(16)4-5-12(13)15(19)20;12-7-1-2-8-9(5-7)14-10-6-13-3-4-15(10)11(8)16;1-2-7-4-3-5-8(9)6-7;1-2-3-4-5;1-2;;/h2*4-6,9-10,14-15H,2-3,11-13,16H2,1H3;4-5,9H,2-3,6-8,10H2,1H3;1-2,5,13H,3-4,6H2;1,3-6H;2-4H2,1H3;1H3;2*1H/i;;;;;;1D;;. The molecule has 25 heteroatoms. The molecule has 16 nitrogen and oxygen atoms in total. The first-order valence-electron chi connectivity index (χ1n) is 37.1. The Bertz CT molecular complexity index is 5230. The molecule has 578 valence electrons. The van der Waals surface area contributed by atoms with Crippen molar-refractivity contribution >= 4 is 116 Å². The minimum Gasteiger partial charge on any atom is -0.308 e. The fourth-order valence-electron chi connectivity index (χ4n) is 12.4. The maximum absolute atomic E-state index is 13.3. The first-order valence-corrected chi connectivity index (χ1v) is 39.1. The molecule has 4 aromatic heterocycles. The number of alkyl halides is 2. The second-order valence-electron chi connectivity index (χ2n) is 26.0. The molecular weight excluding hydrogens is 1640 g/mol. The first kappa shape index (κ1) is 86.9. The zero-order chi connectivity index (χ0) is 77.8. The van der Waals surface area contributed by atoms with E-state index in [1.54, 1.807) is 62.2 Å². The number of benzene rings is 7. The smallest absolute Gasteiger partial charge is 0.261 e. The Morgan fingerprint density at radius 2 is 0.755 bits per heavy atom. The molecule has 8 heterocycles. The molecule has 1 N–H and O–H groups in total.